The second kappa shape index (κ2) is 3.54. The zero-order valence-electron chi connectivity index (χ0n) is 12.0. The molecule has 1 aliphatic heterocycles. The highest BCUT2D eigenvalue weighted by atomic mass is 16.6. The highest BCUT2D eigenvalue weighted by Gasteiger charge is 2.66. The van der Waals surface area contributed by atoms with E-state index in [1.807, 2.05) is 0 Å². The number of benzene rings is 1. The number of hydrogen-bond donors (Lipinski definition) is 0. The number of aryl methyl sites for hydroxylation is 1. The van der Waals surface area contributed by atoms with Gasteiger partial charge in [0.2, 0.25) is 0 Å². The van der Waals surface area contributed by atoms with Crippen LogP contribution in [0, 0.1) is 5.92 Å². The van der Waals surface area contributed by atoms with Crippen LogP contribution in [0.1, 0.15) is 44.2 Å². The summed E-state index contributed by atoms with van der Waals surface area (Å²) in [5.74, 6) is 1.67. The number of methoxy groups -OCH3 is 1. The van der Waals surface area contributed by atoms with Crippen LogP contribution < -0.4 is 4.74 Å². The van der Waals surface area contributed by atoms with Crippen molar-refractivity contribution in [2.75, 3.05) is 7.11 Å². The summed E-state index contributed by atoms with van der Waals surface area (Å²) < 4.78 is 11.4. The van der Waals surface area contributed by atoms with Gasteiger partial charge in [-0.2, -0.15) is 0 Å². The molecule has 4 rings (SSSR count). The quantitative estimate of drug-likeness (QED) is 0.719. The third kappa shape index (κ3) is 1.41. The summed E-state index contributed by atoms with van der Waals surface area (Å²) in [6.07, 6.45) is 5.43. The van der Waals surface area contributed by atoms with Crippen LogP contribution in [0.3, 0.4) is 0 Å². The molecule has 0 amide bonds. The van der Waals surface area contributed by atoms with Gasteiger partial charge in [0, 0.05) is 0 Å². The number of rotatable bonds is 1. The Morgan fingerprint density at radius 1 is 1.26 bits per heavy atom. The van der Waals surface area contributed by atoms with Gasteiger partial charge in [-0.3, -0.25) is 0 Å². The van der Waals surface area contributed by atoms with Crippen molar-refractivity contribution < 1.29 is 9.47 Å². The molecule has 1 saturated carbocycles. The van der Waals surface area contributed by atoms with Gasteiger partial charge < -0.3 is 9.47 Å². The van der Waals surface area contributed by atoms with Gasteiger partial charge in [0.25, 0.3) is 0 Å². The molecule has 4 atom stereocenters. The fourth-order valence-electron chi connectivity index (χ4n) is 4.85. The van der Waals surface area contributed by atoms with E-state index >= 15 is 0 Å². The molecule has 3 aliphatic rings. The molecule has 2 aliphatic carbocycles. The Hall–Kier alpha value is -1.02. The lowest BCUT2D eigenvalue weighted by molar-refractivity contribution is 0.124. The van der Waals surface area contributed by atoms with E-state index in [-0.39, 0.29) is 5.60 Å². The first kappa shape index (κ1) is 11.8. The Kier molecular flexibility index (Phi) is 2.20. The number of fused-ring (bicyclic) bond motifs is 5. The van der Waals surface area contributed by atoms with Crippen LogP contribution in [-0.2, 0) is 16.6 Å². The number of epoxide rings is 1. The average molecular weight is 258 g/mol. The number of ether oxygens (including phenoxy) is 2. The molecule has 0 aromatic heterocycles. The Labute approximate surface area is 115 Å². The topological polar surface area (TPSA) is 21.8 Å². The van der Waals surface area contributed by atoms with E-state index < -0.39 is 0 Å². The van der Waals surface area contributed by atoms with E-state index in [1.54, 1.807) is 12.7 Å². The van der Waals surface area contributed by atoms with Gasteiger partial charge in [-0.05, 0) is 67.2 Å². The molecule has 1 aromatic carbocycles. The molecule has 1 saturated heterocycles. The van der Waals surface area contributed by atoms with Gasteiger partial charge >= 0.3 is 0 Å². The third-order valence-electron chi connectivity index (χ3n) is 6.00. The minimum absolute atomic E-state index is 0.157. The predicted molar refractivity (Wildman–Crippen MR) is 74.7 cm³/mol. The van der Waals surface area contributed by atoms with Crippen molar-refractivity contribution in [1.29, 1.82) is 0 Å². The summed E-state index contributed by atoms with van der Waals surface area (Å²) in [5.41, 5.74) is 3.48. The van der Waals surface area contributed by atoms with E-state index in [0.29, 0.717) is 17.4 Å². The second-order valence-corrected chi connectivity index (χ2v) is 6.86. The molecule has 102 valence electrons. The fourth-order valence-corrected chi connectivity index (χ4v) is 4.85. The van der Waals surface area contributed by atoms with E-state index in [4.69, 9.17) is 9.47 Å². The molecule has 2 fully saturated rings. The van der Waals surface area contributed by atoms with E-state index in [0.717, 1.165) is 5.75 Å². The average Bonchev–Trinajstić information content (AvgIpc) is 3.09. The van der Waals surface area contributed by atoms with Crippen molar-refractivity contribution in [3.05, 3.63) is 29.3 Å². The molecule has 1 heterocycles. The third-order valence-corrected chi connectivity index (χ3v) is 6.00. The first-order valence-electron chi connectivity index (χ1n) is 7.43. The van der Waals surface area contributed by atoms with Crippen molar-refractivity contribution >= 4 is 0 Å². The van der Waals surface area contributed by atoms with Crippen LogP contribution in [0.15, 0.2) is 18.2 Å². The minimum atomic E-state index is 0.157. The first-order valence-corrected chi connectivity index (χ1v) is 7.43. The van der Waals surface area contributed by atoms with Gasteiger partial charge in [0.05, 0.1) is 18.8 Å². The molecule has 0 N–H and O–H groups in total. The van der Waals surface area contributed by atoms with Crippen LogP contribution >= 0.6 is 0 Å². The van der Waals surface area contributed by atoms with Gasteiger partial charge in [0.1, 0.15) is 5.75 Å². The van der Waals surface area contributed by atoms with Crippen molar-refractivity contribution in [2.24, 2.45) is 5.92 Å². The maximum atomic E-state index is 6.04. The molecule has 0 spiro atoms. The minimum Gasteiger partial charge on any atom is -0.497 e. The summed E-state index contributed by atoms with van der Waals surface area (Å²) >= 11 is 0. The van der Waals surface area contributed by atoms with Gasteiger partial charge in [-0.1, -0.05) is 13.0 Å². The Morgan fingerprint density at radius 3 is 2.89 bits per heavy atom. The predicted octanol–water partition coefficient (Wildman–Crippen LogP) is 3.47. The molecule has 0 unspecified atom stereocenters. The van der Waals surface area contributed by atoms with Crippen LogP contribution in [0.25, 0.3) is 0 Å². The molecular weight excluding hydrogens is 236 g/mol. The summed E-state index contributed by atoms with van der Waals surface area (Å²) in [6.45, 7) is 4.78. The fraction of sp³-hybridized carbons (Fsp3) is 0.647. The second-order valence-electron chi connectivity index (χ2n) is 6.86. The summed E-state index contributed by atoms with van der Waals surface area (Å²) in [5, 5.41) is 0. The zero-order valence-corrected chi connectivity index (χ0v) is 12.0. The normalized spacial score (nSPS) is 42.9. The summed E-state index contributed by atoms with van der Waals surface area (Å²) in [7, 11) is 1.75. The van der Waals surface area contributed by atoms with Crippen LogP contribution in [0.4, 0.5) is 0 Å². The first-order chi connectivity index (χ1) is 9.08. The molecule has 2 heteroatoms. The molecular formula is C17H22O2. The van der Waals surface area contributed by atoms with E-state index in [1.165, 1.54) is 31.2 Å². The molecule has 19 heavy (non-hydrogen) atoms. The molecule has 1 aromatic rings. The summed E-state index contributed by atoms with van der Waals surface area (Å²) in [4.78, 5) is 0. The lowest BCUT2D eigenvalue weighted by Crippen LogP contribution is -2.48. The van der Waals surface area contributed by atoms with Crippen molar-refractivity contribution in [3.8, 4) is 5.75 Å². The Bertz CT molecular complexity index is 538. The molecule has 0 radical (unpaired) electrons. The van der Waals surface area contributed by atoms with E-state index in [2.05, 4.69) is 32.0 Å². The van der Waals surface area contributed by atoms with Crippen molar-refractivity contribution in [2.45, 2.75) is 56.7 Å². The van der Waals surface area contributed by atoms with Crippen LogP contribution in [0.2, 0.25) is 0 Å². The highest BCUT2D eigenvalue weighted by molar-refractivity contribution is 5.44. The van der Waals surface area contributed by atoms with Gasteiger partial charge in [-0.15, -0.1) is 0 Å². The SMILES string of the molecule is COc1ccc2c(c1)CC[C@@H]1[C@]3(C)O[C@@H]3CC[C@]21C. The summed E-state index contributed by atoms with van der Waals surface area (Å²) in [6, 6.07) is 6.65. The largest absolute Gasteiger partial charge is 0.497 e. The van der Waals surface area contributed by atoms with Crippen molar-refractivity contribution in [3.63, 3.8) is 0 Å². The lowest BCUT2D eigenvalue weighted by Gasteiger charge is -2.47. The van der Waals surface area contributed by atoms with Gasteiger partial charge in [0.15, 0.2) is 0 Å². The van der Waals surface area contributed by atoms with Crippen molar-refractivity contribution in [1.82, 2.24) is 0 Å². The number of hydrogen-bond acceptors (Lipinski definition) is 2. The Balaban J connectivity index is 1.81. The molecule has 0 bridgehead atoms. The van der Waals surface area contributed by atoms with Crippen LogP contribution in [0.5, 0.6) is 5.75 Å². The molecule has 2 nitrogen and oxygen atoms in total. The van der Waals surface area contributed by atoms with E-state index in [9.17, 15) is 0 Å². The highest BCUT2D eigenvalue weighted by Crippen LogP contribution is 2.62. The maximum Gasteiger partial charge on any atom is 0.119 e. The Morgan fingerprint density at radius 2 is 2.11 bits per heavy atom. The maximum absolute atomic E-state index is 6.04. The van der Waals surface area contributed by atoms with Gasteiger partial charge in [-0.25, -0.2) is 0 Å². The monoisotopic (exact) mass is 258 g/mol. The standard InChI is InChI=1S/C17H22O2/c1-16-9-8-15-17(2,19-15)14(16)7-4-11-10-12(18-3)5-6-13(11)16/h5-6,10,14-15H,4,7-9H2,1-3H3/t14-,15+,16+,17-/m0/s1. The zero-order chi connectivity index (χ0) is 13.3. The lowest BCUT2D eigenvalue weighted by atomic mass is 9.55. The smallest absolute Gasteiger partial charge is 0.119 e. The van der Waals surface area contributed by atoms with Crippen LogP contribution in [-0.4, -0.2) is 18.8 Å².